The van der Waals surface area contributed by atoms with Crippen molar-refractivity contribution in [2.24, 2.45) is 10.9 Å². The third kappa shape index (κ3) is 9.53. The number of rotatable bonds is 7. The van der Waals surface area contributed by atoms with E-state index in [-0.39, 0.29) is 0 Å². The minimum absolute atomic E-state index is 0.715. The highest BCUT2D eigenvalue weighted by Crippen LogP contribution is 1.98. The SMILES string of the molecule is CCNC(=NC)NCCOCCC(C)C. The lowest BCUT2D eigenvalue weighted by Gasteiger charge is -2.10. The number of hydrogen-bond acceptors (Lipinski definition) is 2. The van der Waals surface area contributed by atoms with Crippen molar-refractivity contribution in [2.75, 3.05) is 33.4 Å². The first-order valence-corrected chi connectivity index (χ1v) is 5.73. The van der Waals surface area contributed by atoms with Crippen LogP contribution in [-0.4, -0.2) is 39.3 Å². The second-order valence-electron chi connectivity index (χ2n) is 3.82. The molecule has 0 unspecified atom stereocenters. The average molecular weight is 215 g/mol. The molecule has 4 nitrogen and oxygen atoms in total. The van der Waals surface area contributed by atoms with Gasteiger partial charge in [0, 0.05) is 26.7 Å². The van der Waals surface area contributed by atoms with Crippen LogP contribution in [0.25, 0.3) is 0 Å². The number of aliphatic imine (C=N–C) groups is 1. The van der Waals surface area contributed by atoms with E-state index in [2.05, 4.69) is 29.5 Å². The van der Waals surface area contributed by atoms with Crippen molar-refractivity contribution < 1.29 is 4.74 Å². The van der Waals surface area contributed by atoms with Gasteiger partial charge in [0.25, 0.3) is 0 Å². The first kappa shape index (κ1) is 14.2. The summed E-state index contributed by atoms with van der Waals surface area (Å²) in [6.07, 6.45) is 1.13. The third-order valence-electron chi connectivity index (χ3n) is 1.95. The Morgan fingerprint density at radius 3 is 2.53 bits per heavy atom. The highest BCUT2D eigenvalue weighted by atomic mass is 16.5. The fraction of sp³-hybridized carbons (Fsp3) is 0.909. The second kappa shape index (κ2) is 9.77. The molecular formula is C11H25N3O. The maximum atomic E-state index is 5.47. The van der Waals surface area contributed by atoms with Gasteiger partial charge in [-0.25, -0.2) is 0 Å². The molecule has 0 spiro atoms. The summed E-state index contributed by atoms with van der Waals surface area (Å²) in [7, 11) is 1.77. The monoisotopic (exact) mass is 215 g/mol. The standard InChI is InChI=1S/C11H25N3O/c1-5-13-11(12-4)14-7-9-15-8-6-10(2)3/h10H,5-9H2,1-4H3,(H2,12,13,14). The summed E-state index contributed by atoms with van der Waals surface area (Å²) in [4.78, 5) is 4.06. The molecule has 0 aromatic rings. The van der Waals surface area contributed by atoms with E-state index >= 15 is 0 Å². The van der Waals surface area contributed by atoms with Crippen molar-refractivity contribution in [1.82, 2.24) is 10.6 Å². The lowest BCUT2D eigenvalue weighted by Crippen LogP contribution is -2.38. The predicted molar refractivity (Wildman–Crippen MR) is 65.3 cm³/mol. The zero-order chi connectivity index (χ0) is 11.5. The molecule has 0 aliphatic heterocycles. The van der Waals surface area contributed by atoms with Crippen LogP contribution in [0.4, 0.5) is 0 Å². The predicted octanol–water partition coefficient (Wildman–Crippen LogP) is 1.23. The number of hydrogen-bond donors (Lipinski definition) is 2. The number of nitrogens with one attached hydrogen (secondary N) is 2. The maximum absolute atomic E-state index is 5.47. The minimum atomic E-state index is 0.715. The second-order valence-corrected chi connectivity index (χ2v) is 3.82. The summed E-state index contributed by atoms with van der Waals surface area (Å²) in [5.41, 5.74) is 0. The summed E-state index contributed by atoms with van der Waals surface area (Å²) in [5, 5.41) is 6.30. The Kier molecular flexibility index (Phi) is 9.27. The van der Waals surface area contributed by atoms with Crippen LogP contribution in [-0.2, 0) is 4.74 Å². The van der Waals surface area contributed by atoms with Gasteiger partial charge in [-0.05, 0) is 19.3 Å². The van der Waals surface area contributed by atoms with E-state index in [1.54, 1.807) is 7.05 Å². The van der Waals surface area contributed by atoms with E-state index in [4.69, 9.17) is 4.74 Å². The normalized spacial score (nSPS) is 11.9. The first-order valence-electron chi connectivity index (χ1n) is 5.73. The van der Waals surface area contributed by atoms with E-state index in [1.165, 1.54) is 0 Å². The van der Waals surface area contributed by atoms with Gasteiger partial charge >= 0.3 is 0 Å². The molecule has 0 aromatic heterocycles. The van der Waals surface area contributed by atoms with Gasteiger partial charge in [0.1, 0.15) is 0 Å². The van der Waals surface area contributed by atoms with Crippen molar-refractivity contribution in [3.63, 3.8) is 0 Å². The van der Waals surface area contributed by atoms with Crippen LogP contribution in [0.1, 0.15) is 27.2 Å². The highest BCUT2D eigenvalue weighted by molar-refractivity contribution is 5.79. The lowest BCUT2D eigenvalue weighted by atomic mass is 10.1. The molecular weight excluding hydrogens is 190 g/mol. The van der Waals surface area contributed by atoms with Crippen molar-refractivity contribution >= 4 is 5.96 Å². The van der Waals surface area contributed by atoms with Gasteiger partial charge in [-0.15, -0.1) is 0 Å². The molecule has 0 heterocycles. The molecule has 0 radical (unpaired) electrons. The number of ether oxygens (including phenoxy) is 1. The van der Waals surface area contributed by atoms with Gasteiger partial charge < -0.3 is 15.4 Å². The smallest absolute Gasteiger partial charge is 0.191 e. The molecule has 0 atom stereocenters. The molecule has 4 heteroatoms. The van der Waals surface area contributed by atoms with Crippen LogP contribution in [0.3, 0.4) is 0 Å². The molecule has 2 N–H and O–H groups in total. The Bertz CT molecular complexity index is 169. The van der Waals surface area contributed by atoms with Crippen molar-refractivity contribution in [3.05, 3.63) is 0 Å². The zero-order valence-corrected chi connectivity index (χ0v) is 10.5. The summed E-state index contributed by atoms with van der Waals surface area (Å²) < 4.78 is 5.47. The summed E-state index contributed by atoms with van der Waals surface area (Å²) >= 11 is 0. The lowest BCUT2D eigenvalue weighted by molar-refractivity contribution is 0.128. The van der Waals surface area contributed by atoms with Gasteiger partial charge in [0.05, 0.1) is 6.61 Å². The number of nitrogens with zero attached hydrogens (tertiary/aromatic N) is 1. The highest BCUT2D eigenvalue weighted by Gasteiger charge is 1.95. The van der Waals surface area contributed by atoms with Crippen LogP contribution in [0, 0.1) is 5.92 Å². The van der Waals surface area contributed by atoms with E-state index in [0.29, 0.717) is 5.92 Å². The summed E-state index contributed by atoms with van der Waals surface area (Å²) in [6.45, 7) is 9.72. The van der Waals surface area contributed by atoms with Crippen LogP contribution < -0.4 is 10.6 Å². The van der Waals surface area contributed by atoms with Crippen LogP contribution in [0.15, 0.2) is 4.99 Å². The molecule has 0 fully saturated rings. The fourth-order valence-corrected chi connectivity index (χ4v) is 1.05. The first-order chi connectivity index (χ1) is 7.20. The van der Waals surface area contributed by atoms with Crippen molar-refractivity contribution in [1.29, 1.82) is 0 Å². The molecule has 0 amide bonds. The summed E-state index contributed by atoms with van der Waals surface area (Å²) in [5.74, 6) is 1.55. The van der Waals surface area contributed by atoms with Gasteiger partial charge in [0.2, 0.25) is 0 Å². The molecule has 15 heavy (non-hydrogen) atoms. The van der Waals surface area contributed by atoms with Crippen LogP contribution in [0.2, 0.25) is 0 Å². The van der Waals surface area contributed by atoms with Gasteiger partial charge in [-0.1, -0.05) is 13.8 Å². The topological polar surface area (TPSA) is 45.7 Å². The van der Waals surface area contributed by atoms with Gasteiger partial charge in [0.15, 0.2) is 5.96 Å². The van der Waals surface area contributed by atoms with E-state index < -0.39 is 0 Å². The Labute approximate surface area is 93.5 Å². The van der Waals surface area contributed by atoms with E-state index in [9.17, 15) is 0 Å². The van der Waals surface area contributed by atoms with Crippen molar-refractivity contribution in [2.45, 2.75) is 27.2 Å². The molecule has 90 valence electrons. The van der Waals surface area contributed by atoms with Crippen LogP contribution in [0.5, 0.6) is 0 Å². The largest absolute Gasteiger partial charge is 0.380 e. The Morgan fingerprint density at radius 2 is 2.00 bits per heavy atom. The van der Waals surface area contributed by atoms with Crippen LogP contribution >= 0.6 is 0 Å². The molecule has 0 aliphatic carbocycles. The zero-order valence-electron chi connectivity index (χ0n) is 10.5. The molecule has 0 aromatic carbocycles. The average Bonchev–Trinajstić information content (AvgIpc) is 2.21. The molecule has 0 saturated heterocycles. The Hall–Kier alpha value is -0.770. The Balaban J connectivity index is 3.29. The minimum Gasteiger partial charge on any atom is -0.380 e. The molecule has 0 aliphatic rings. The third-order valence-corrected chi connectivity index (χ3v) is 1.95. The summed E-state index contributed by atoms with van der Waals surface area (Å²) in [6, 6.07) is 0. The van der Waals surface area contributed by atoms with Crippen molar-refractivity contribution in [3.8, 4) is 0 Å². The number of guanidine groups is 1. The van der Waals surface area contributed by atoms with Gasteiger partial charge in [-0.3, -0.25) is 4.99 Å². The Morgan fingerprint density at radius 1 is 1.27 bits per heavy atom. The quantitative estimate of drug-likeness (QED) is 0.381. The molecule has 0 bridgehead atoms. The van der Waals surface area contributed by atoms with E-state index in [1.807, 2.05) is 6.92 Å². The molecule has 0 rings (SSSR count). The molecule has 0 saturated carbocycles. The van der Waals surface area contributed by atoms with E-state index in [0.717, 1.165) is 38.7 Å². The fourth-order valence-electron chi connectivity index (χ4n) is 1.05. The maximum Gasteiger partial charge on any atom is 0.191 e. The van der Waals surface area contributed by atoms with Gasteiger partial charge in [-0.2, -0.15) is 0 Å².